The number of Topliss-reactive ketones (excluding diaryl/α,β-unsaturated/α-hetero) is 1. The SMILES string of the molecule is CCOc1cc(S(=O)(=O)c2ccc(C(C)CCC(=O)CC(=O)Nc3ccc(C(=N)N)cc3)cc2C(F)(F)F)ccn1. The quantitative estimate of drug-likeness (QED) is 0.151. The highest BCUT2D eigenvalue weighted by Gasteiger charge is 2.38. The Bertz CT molecular complexity index is 1540. The molecule has 0 saturated carbocycles. The van der Waals surface area contributed by atoms with E-state index < -0.39 is 50.5 Å². The van der Waals surface area contributed by atoms with Crippen molar-refractivity contribution < 1.29 is 35.9 Å². The van der Waals surface area contributed by atoms with Crippen LogP contribution in [-0.2, 0) is 25.6 Å². The molecule has 0 spiro atoms. The Kier molecular flexibility index (Phi) is 9.87. The molecule has 13 heteroatoms. The van der Waals surface area contributed by atoms with Crippen molar-refractivity contribution in [3.05, 3.63) is 77.5 Å². The number of nitrogens with two attached hydrogens (primary N) is 1. The third-order valence-corrected chi connectivity index (χ3v) is 7.98. The van der Waals surface area contributed by atoms with Crippen LogP contribution in [0.25, 0.3) is 0 Å². The summed E-state index contributed by atoms with van der Waals surface area (Å²) < 4.78 is 73.5. The Hall–Kier alpha value is -4.26. The number of nitrogens with one attached hydrogen (secondary N) is 2. The van der Waals surface area contributed by atoms with Crippen LogP contribution >= 0.6 is 0 Å². The minimum Gasteiger partial charge on any atom is -0.478 e. The van der Waals surface area contributed by atoms with Crippen LogP contribution < -0.4 is 15.8 Å². The van der Waals surface area contributed by atoms with Gasteiger partial charge in [-0.25, -0.2) is 13.4 Å². The summed E-state index contributed by atoms with van der Waals surface area (Å²) in [5.74, 6) is -1.67. The molecule has 0 aliphatic carbocycles. The van der Waals surface area contributed by atoms with Gasteiger partial charge < -0.3 is 15.8 Å². The topological polar surface area (TPSA) is 152 Å². The van der Waals surface area contributed by atoms with Crippen molar-refractivity contribution in [1.29, 1.82) is 5.41 Å². The molecule has 218 valence electrons. The van der Waals surface area contributed by atoms with E-state index in [-0.39, 0.29) is 41.6 Å². The van der Waals surface area contributed by atoms with Crippen LogP contribution in [0.5, 0.6) is 5.88 Å². The van der Waals surface area contributed by atoms with E-state index in [0.29, 0.717) is 11.3 Å². The van der Waals surface area contributed by atoms with E-state index in [9.17, 15) is 31.2 Å². The van der Waals surface area contributed by atoms with Crippen molar-refractivity contribution in [2.45, 2.75) is 55.0 Å². The summed E-state index contributed by atoms with van der Waals surface area (Å²) in [5, 5.41) is 9.94. The van der Waals surface area contributed by atoms with Crippen LogP contribution in [0.4, 0.5) is 18.9 Å². The van der Waals surface area contributed by atoms with Gasteiger partial charge in [-0.3, -0.25) is 15.0 Å². The normalized spacial score (nSPS) is 12.4. The van der Waals surface area contributed by atoms with Crippen LogP contribution in [0, 0.1) is 5.41 Å². The molecular formula is C28H29F3N4O5S. The average Bonchev–Trinajstić information content (AvgIpc) is 2.91. The van der Waals surface area contributed by atoms with E-state index in [1.165, 1.54) is 18.2 Å². The van der Waals surface area contributed by atoms with Gasteiger partial charge in [0.25, 0.3) is 0 Å². The van der Waals surface area contributed by atoms with Gasteiger partial charge in [0, 0.05) is 29.9 Å². The predicted octanol–water partition coefficient (Wildman–Crippen LogP) is 5.10. The molecule has 0 fully saturated rings. The number of hydrogen-bond acceptors (Lipinski definition) is 7. The van der Waals surface area contributed by atoms with Gasteiger partial charge in [-0.15, -0.1) is 0 Å². The zero-order chi connectivity index (χ0) is 30.4. The molecule has 1 unspecified atom stereocenters. The molecule has 3 aromatic rings. The van der Waals surface area contributed by atoms with Gasteiger partial charge in [0.05, 0.1) is 28.4 Å². The van der Waals surface area contributed by atoms with Crippen molar-refractivity contribution in [3.8, 4) is 5.88 Å². The fourth-order valence-corrected chi connectivity index (χ4v) is 5.43. The largest absolute Gasteiger partial charge is 0.478 e. The van der Waals surface area contributed by atoms with Crippen molar-refractivity contribution in [2.24, 2.45) is 5.73 Å². The smallest absolute Gasteiger partial charge is 0.417 e. The minimum absolute atomic E-state index is 0.0309. The van der Waals surface area contributed by atoms with E-state index in [4.69, 9.17) is 15.9 Å². The summed E-state index contributed by atoms with van der Waals surface area (Å²) in [7, 11) is -4.56. The maximum Gasteiger partial charge on any atom is 0.417 e. The van der Waals surface area contributed by atoms with Gasteiger partial charge in [-0.05, 0) is 67.3 Å². The molecule has 1 atom stereocenters. The second-order valence-corrected chi connectivity index (χ2v) is 11.1. The first-order chi connectivity index (χ1) is 19.2. The number of anilines is 1. The van der Waals surface area contributed by atoms with E-state index >= 15 is 0 Å². The summed E-state index contributed by atoms with van der Waals surface area (Å²) in [6.45, 7) is 3.47. The number of nitrogen functional groups attached to an aromatic ring is 1. The number of nitrogens with zero attached hydrogens (tertiary/aromatic N) is 1. The van der Waals surface area contributed by atoms with Gasteiger partial charge >= 0.3 is 6.18 Å². The lowest BCUT2D eigenvalue weighted by atomic mass is 9.93. The maximum atomic E-state index is 14.0. The molecular weight excluding hydrogens is 561 g/mol. The monoisotopic (exact) mass is 590 g/mol. The fourth-order valence-electron chi connectivity index (χ4n) is 3.97. The predicted molar refractivity (Wildman–Crippen MR) is 146 cm³/mol. The lowest BCUT2D eigenvalue weighted by Crippen LogP contribution is -2.17. The highest BCUT2D eigenvalue weighted by atomic mass is 32.2. The fraction of sp³-hybridized carbons (Fsp3) is 0.286. The van der Waals surface area contributed by atoms with Crippen molar-refractivity contribution in [1.82, 2.24) is 4.98 Å². The van der Waals surface area contributed by atoms with Crippen LogP contribution in [0.3, 0.4) is 0 Å². The number of rotatable bonds is 12. The molecule has 1 aromatic heterocycles. The molecule has 1 heterocycles. The Morgan fingerprint density at radius 1 is 1.10 bits per heavy atom. The highest BCUT2D eigenvalue weighted by Crippen LogP contribution is 2.39. The first-order valence-corrected chi connectivity index (χ1v) is 14.0. The highest BCUT2D eigenvalue weighted by molar-refractivity contribution is 7.91. The van der Waals surface area contributed by atoms with Crippen molar-refractivity contribution in [3.63, 3.8) is 0 Å². The first-order valence-electron chi connectivity index (χ1n) is 12.5. The number of alkyl halides is 3. The van der Waals surface area contributed by atoms with Crippen LogP contribution in [0.2, 0.25) is 0 Å². The molecule has 0 aliphatic heterocycles. The van der Waals surface area contributed by atoms with E-state index in [1.54, 1.807) is 26.0 Å². The summed E-state index contributed by atoms with van der Waals surface area (Å²) in [6.07, 6.45) is -4.18. The van der Waals surface area contributed by atoms with Gasteiger partial charge in [0.15, 0.2) is 0 Å². The lowest BCUT2D eigenvalue weighted by molar-refractivity contribution is -0.140. The van der Waals surface area contributed by atoms with Crippen molar-refractivity contribution >= 4 is 33.1 Å². The lowest BCUT2D eigenvalue weighted by Gasteiger charge is -2.18. The van der Waals surface area contributed by atoms with Crippen molar-refractivity contribution in [2.75, 3.05) is 11.9 Å². The number of amides is 1. The number of sulfone groups is 1. The number of benzene rings is 2. The average molecular weight is 591 g/mol. The number of aromatic nitrogens is 1. The molecule has 9 nitrogen and oxygen atoms in total. The second-order valence-electron chi connectivity index (χ2n) is 9.21. The van der Waals surface area contributed by atoms with Gasteiger partial charge in [0.2, 0.25) is 21.6 Å². The maximum absolute atomic E-state index is 14.0. The standard InChI is InChI=1S/C28H29F3N4O5S/c1-3-40-26-16-22(12-13-34-26)41(38,39)24-11-7-19(14-23(24)28(29,30)31)17(2)4-10-21(36)15-25(37)35-20-8-5-18(6-9-20)27(32)33/h5-9,11-14,16-17H,3-4,10,15H2,1-2H3,(H3,32,33)(H,35,37). The number of ketones is 1. The molecule has 4 N–H and O–H groups in total. The Balaban J connectivity index is 1.70. The van der Waals surface area contributed by atoms with E-state index in [2.05, 4.69) is 10.3 Å². The number of hydrogen-bond donors (Lipinski definition) is 3. The van der Waals surface area contributed by atoms with Crippen LogP contribution in [-0.4, -0.2) is 37.5 Å². The third kappa shape index (κ3) is 8.13. The van der Waals surface area contributed by atoms with Gasteiger partial charge in [-0.2, -0.15) is 13.2 Å². The molecule has 0 radical (unpaired) electrons. The van der Waals surface area contributed by atoms with E-state index in [0.717, 1.165) is 30.5 Å². The number of halogens is 3. The number of carbonyl (C=O) groups is 2. The molecule has 0 saturated heterocycles. The summed E-state index contributed by atoms with van der Waals surface area (Å²) >= 11 is 0. The molecule has 0 bridgehead atoms. The molecule has 0 aliphatic rings. The second kappa shape index (κ2) is 12.9. The minimum atomic E-state index is -4.97. The summed E-state index contributed by atoms with van der Waals surface area (Å²) in [6, 6.07) is 11.3. The zero-order valence-corrected chi connectivity index (χ0v) is 23.1. The third-order valence-electron chi connectivity index (χ3n) is 6.17. The summed E-state index contributed by atoms with van der Waals surface area (Å²) in [4.78, 5) is 27.2. The molecule has 1 amide bonds. The Morgan fingerprint density at radius 3 is 2.39 bits per heavy atom. The Labute approximate surface area is 235 Å². The van der Waals surface area contributed by atoms with Gasteiger partial charge in [0.1, 0.15) is 11.6 Å². The molecule has 2 aromatic carbocycles. The van der Waals surface area contributed by atoms with E-state index in [1.807, 2.05) is 0 Å². The summed E-state index contributed by atoms with van der Waals surface area (Å²) in [5.41, 5.74) is 5.15. The molecule has 41 heavy (non-hydrogen) atoms. The number of carbonyl (C=O) groups excluding carboxylic acids is 2. The van der Waals surface area contributed by atoms with Gasteiger partial charge in [-0.1, -0.05) is 13.0 Å². The number of pyridine rings is 1. The zero-order valence-electron chi connectivity index (χ0n) is 22.3. The Morgan fingerprint density at radius 2 is 1.78 bits per heavy atom. The number of ether oxygens (including phenoxy) is 1. The van der Waals surface area contributed by atoms with Crippen LogP contribution in [0.1, 0.15) is 55.7 Å². The molecule has 3 rings (SSSR count). The van der Waals surface area contributed by atoms with Crippen LogP contribution in [0.15, 0.2) is 70.6 Å². The number of amidine groups is 1. The first kappa shape index (κ1) is 31.3.